The Morgan fingerprint density at radius 1 is 1.37 bits per heavy atom. The summed E-state index contributed by atoms with van der Waals surface area (Å²) in [5.74, 6) is 0.922. The number of methoxy groups -OCH3 is 1. The summed E-state index contributed by atoms with van der Waals surface area (Å²) < 4.78 is 12.7. The molecule has 0 unspecified atom stereocenters. The van der Waals surface area contributed by atoms with Gasteiger partial charge in [-0.05, 0) is 48.1 Å². The number of aryl methyl sites for hydroxylation is 1. The Hall–Kier alpha value is -3.33. The van der Waals surface area contributed by atoms with Crippen LogP contribution in [0.2, 0.25) is 0 Å². The predicted octanol–water partition coefficient (Wildman–Crippen LogP) is 3.01. The van der Waals surface area contributed by atoms with E-state index in [0.29, 0.717) is 28.3 Å². The number of nitrogens with zero attached hydrogens (tertiary/aromatic N) is 4. The molecule has 2 aromatic heterocycles. The zero-order valence-electron chi connectivity index (χ0n) is 14.7. The summed E-state index contributed by atoms with van der Waals surface area (Å²) in [6.45, 7) is 1.96. The third-order valence-corrected chi connectivity index (χ3v) is 3.91. The molecule has 0 saturated carbocycles. The van der Waals surface area contributed by atoms with E-state index in [1.54, 1.807) is 47.4 Å². The number of H-pyrrole nitrogens is 1. The lowest BCUT2D eigenvalue weighted by Gasteiger charge is -2.09. The SMILES string of the molecule is CCc1n[nH]c(=S)n1/N=C/c1ccc(OC(=O)c2cccnc2)c(OC)c1. The van der Waals surface area contributed by atoms with Crippen molar-refractivity contribution in [2.45, 2.75) is 13.3 Å². The van der Waals surface area contributed by atoms with Crippen LogP contribution in [0.1, 0.15) is 28.7 Å². The second kappa shape index (κ2) is 8.37. The van der Waals surface area contributed by atoms with Gasteiger partial charge in [-0.1, -0.05) is 6.92 Å². The van der Waals surface area contributed by atoms with Gasteiger partial charge in [-0.15, -0.1) is 0 Å². The average Bonchev–Trinajstić information content (AvgIpc) is 3.07. The molecular formula is C18H17N5O3S. The van der Waals surface area contributed by atoms with Gasteiger partial charge in [0.1, 0.15) is 0 Å². The molecule has 3 aromatic rings. The highest BCUT2D eigenvalue weighted by Crippen LogP contribution is 2.28. The van der Waals surface area contributed by atoms with Gasteiger partial charge in [0.15, 0.2) is 17.3 Å². The van der Waals surface area contributed by atoms with Crippen LogP contribution in [0.3, 0.4) is 0 Å². The van der Waals surface area contributed by atoms with E-state index in [1.807, 2.05) is 6.92 Å². The van der Waals surface area contributed by atoms with Crippen molar-refractivity contribution in [2.75, 3.05) is 7.11 Å². The molecule has 1 N–H and O–H groups in total. The second-order valence-electron chi connectivity index (χ2n) is 5.40. The largest absolute Gasteiger partial charge is 0.493 e. The maximum Gasteiger partial charge on any atom is 0.345 e. The van der Waals surface area contributed by atoms with Gasteiger partial charge in [0, 0.05) is 18.8 Å². The van der Waals surface area contributed by atoms with Gasteiger partial charge in [0.25, 0.3) is 0 Å². The van der Waals surface area contributed by atoms with E-state index < -0.39 is 5.97 Å². The molecular weight excluding hydrogens is 366 g/mol. The number of pyridine rings is 1. The molecule has 2 heterocycles. The van der Waals surface area contributed by atoms with E-state index in [9.17, 15) is 4.79 Å². The number of esters is 1. The number of carbonyl (C=O) groups excluding carboxylic acids is 1. The highest BCUT2D eigenvalue weighted by molar-refractivity contribution is 7.71. The molecule has 27 heavy (non-hydrogen) atoms. The molecule has 0 aliphatic carbocycles. The predicted molar refractivity (Wildman–Crippen MR) is 102 cm³/mol. The van der Waals surface area contributed by atoms with Crippen LogP contribution in [0.5, 0.6) is 11.5 Å². The van der Waals surface area contributed by atoms with E-state index in [2.05, 4.69) is 20.3 Å². The van der Waals surface area contributed by atoms with Crippen molar-refractivity contribution in [1.82, 2.24) is 19.9 Å². The molecule has 0 bridgehead atoms. The van der Waals surface area contributed by atoms with Crippen molar-refractivity contribution >= 4 is 24.4 Å². The molecule has 0 spiro atoms. The maximum atomic E-state index is 12.2. The Labute approximate surface area is 160 Å². The molecule has 0 aliphatic rings. The first-order valence-corrected chi connectivity index (χ1v) is 8.54. The summed E-state index contributed by atoms with van der Waals surface area (Å²) >= 11 is 5.16. The minimum atomic E-state index is -0.514. The molecule has 9 heteroatoms. The van der Waals surface area contributed by atoms with Gasteiger partial charge >= 0.3 is 5.97 Å². The summed E-state index contributed by atoms with van der Waals surface area (Å²) in [5.41, 5.74) is 1.10. The van der Waals surface area contributed by atoms with E-state index in [1.165, 1.54) is 13.3 Å². The summed E-state index contributed by atoms with van der Waals surface area (Å²) in [6, 6.07) is 8.41. The molecule has 138 valence electrons. The third kappa shape index (κ3) is 4.26. The summed E-state index contributed by atoms with van der Waals surface area (Å²) in [6.07, 6.45) is 5.34. The molecule has 0 amide bonds. The first-order chi connectivity index (χ1) is 13.1. The van der Waals surface area contributed by atoms with Crippen LogP contribution < -0.4 is 9.47 Å². The van der Waals surface area contributed by atoms with E-state index in [0.717, 1.165) is 11.4 Å². The van der Waals surface area contributed by atoms with E-state index in [4.69, 9.17) is 21.7 Å². The number of aromatic nitrogens is 4. The van der Waals surface area contributed by atoms with Crippen molar-refractivity contribution < 1.29 is 14.3 Å². The van der Waals surface area contributed by atoms with Crippen LogP contribution in [0.15, 0.2) is 47.8 Å². The van der Waals surface area contributed by atoms with Crippen molar-refractivity contribution in [3.8, 4) is 11.5 Å². The molecule has 0 atom stereocenters. The summed E-state index contributed by atoms with van der Waals surface area (Å²) in [4.78, 5) is 16.1. The van der Waals surface area contributed by atoms with Crippen molar-refractivity contribution in [1.29, 1.82) is 0 Å². The van der Waals surface area contributed by atoms with Gasteiger partial charge in [0.2, 0.25) is 4.77 Å². The number of aromatic amines is 1. The van der Waals surface area contributed by atoms with Gasteiger partial charge in [-0.25, -0.2) is 4.79 Å². The second-order valence-corrected chi connectivity index (χ2v) is 5.78. The Kier molecular flexibility index (Phi) is 5.72. The molecule has 8 nitrogen and oxygen atoms in total. The van der Waals surface area contributed by atoms with Crippen molar-refractivity contribution in [3.63, 3.8) is 0 Å². The van der Waals surface area contributed by atoms with Crippen LogP contribution in [0.4, 0.5) is 0 Å². The monoisotopic (exact) mass is 383 g/mol. The number of nitrogens with one attached hydrogen (secondary N) is 1. The van der Waals surface area contributed by atoms with Gasteiger partial charge in [-0.2, -0.15) is 14.9 Å². The minimum absolute atomic E-state index is 0.303. The van der Waals surface area contributed by atoms with Crippen LogP contribution in [0.25, 0.3) is 0 Å². The van der Waals surface area contributed by atoms with E-state index >= 15 is 0 Å². The number of ether oxygens (including phenoxy) is 2. The van der Waals surface area contributed by atoms with Crippen molar-refractivity contribution in [2.24, 2.45) is 5.10 Å². The maximum absolute atomic E-state index is 12.2. The lowest BCUT2D eigenvalue weighted by molar-refractivity contribution is 0.0729. The van der Waals surface area contributed by atoms with Gasteiger partial charge in [-0.3, -0.25) is 10.1 Å². The first-order valence-electron chi connectivity index (χ1n) is 8.13. The topological polar surface area (TPSA) is 94.4 Å². The zero-order chi connectivity index (χ0) is 19.2. The fourth-order valence-electron chi connectivity index (χ4n) is 2.29. The van der Waals surface area contributed by atoms with Gasteiger partial charge in [0.05, 0.1) is 18.9 Å². The lowest BCUT2D eigenvalue weighted by atomic mass is 10.2. The molecule has 0 fully saturated rings. The van der Waals surface area contributed by atoms with Crippen LogP contribution >= 0.6 is 12.2 Å². The standard InChI is InChI=1S/C18H17N5O3S/c1-3-16-21-22-18(27)23(16)20-10-12-6-7-14(15(9-12)25-2)26-17(24)13-5-4-8-19-11-13/h4-11H,3H2,1-2H3,(H,22,27)/b20-10+. The van der Waals surface area contributed by atoms with Crippen molar-refractivity contribution in [3.05, 3.63) is 64.4 Å². The highest BCUT2D eigenvalue weighted by atomic mass is 32.1. The third-order valence-electron chi connectivity index (χ3n) is 3.64. The Balaban J connectivity index is 1.82. The highest BCUT2D eigenvalue weighted by Gasteiger charge is 2.13. The lowest BCUT2D eigenvalue weighted by Crippen LogP contribution is -2.09. The number of hydrogen-bond acceptors (Lipinski definition) is 7. The van der Waals surface area contributed by atoms with Crippen LogP contribution in [-0.2, 0) is 6.42 Å². The number of hydrogen-bond donors (Lipinski definition) is 1. The Morgan fingerprint density at radius 3 is 2.93 bits per heavy atom. The zero-order valence-corrected chi connectivity index (χ0v) is 15.6. The molecule has 1 aromatic carbocycles. The fraction of sp³-hybridized carbons (Fsp3) is 0.167. The molecule has 3 rings (SSSR count). The fourth-order valence-corrected chi connectivity index (χ4v) is 2.49. The Bertz CT molecular complexity index is 1030. The quantitative estimate of drug-likeness (QED) is 0.304. The summed E-state index contributed by atoms with van der Waals surface area (Å²) in [7, 11) is 1.50. The minimum Gasteiger partial charge on any atom is -0.493 e. The van der Waals surface area contributed by atoms with Crippen LogP contribution in [-0.4, -0.2) is 39.2 Å². The first kappa shape index (κ1) is 18.5. The normalized spacial score (nSPS) is 10.9. The number of carbonyl (C=O) groups is 1. The summed E-state index contributed by atoms with van der Waals surface area (Å²) in [5, 5.41) is 11.2. The molecule has 0 saturated heterocycles. The smallest absolute Gasteiger partial charge is 0.345 e. The number of benzene rings is 1. The average molecular weight is 383 g/mol. The molecule has 0 radical (unpaired) electrons. The van der Waals surface area contributed by atoms with E-state index in [-0.39, 0.29) is 0 Å². The molecule has 0 aliphatic heterocycles. The number of rotatable bonds is 6. The van der Waals surface area contributed by atoms with Crippen LogP contribution in [0, 0.1) is 4.77 Å². The van der Waals surface area contributed by atoms with Gasteiger partial charge < -0.3 is 9.47 Å². The Morgan fingerprint density at radius 2 is 2.22 bits per heavy atom.